The van der Waals surface area contributed by atoms with Gasteiger partial charge in [0.05, 0.1) is 56.4 Å². The van der Waals surface area contributed by atoms with E-state index in [1.54, 1.807) is 0 Å². The number of aromatic nitrogens is 7. The fourth-order valence-corrected chi connectivity index (χ4v) is 10.4. The Kier molecular flexibility index (Phi) is 8.75. The van der Waals surface area contributed by atoms with E-state index in [9.17, 15) is 0 Å². The average molecular weight is 882 g/mol. The molecule has 0 aliphatic rings. The maximum atomic E-state index is 5.36. The van der Waals surface area contributed by atoms with Crippen molar-refractivity contribution in [2.24, 2.45) is 0 Å². The second kappa shape index (κ2) is 15.6. The molecular formula is C62H39N7. The normalized spacial score (nSPS) is 11.8. The van der Waals surface area contributed by atoms with Gasteiger partial charge >= 0.3 is 0 Å². The van der Waals surface area contributed by atoms with Gasteiger partial charge in [0.15, 0.2) is 0 Å². The van der Waals surface area contributed by atoms with Crippen LogP contribution in [0.2, 0.25) is 0 Å². The molecule has 14 rings (SSSR count). The first-order chi connectivity index (χ1) is 34.2. The van der Waals surface area contributed by atoms with Crippen LogP contribution < -0.4 is 0 Å². The van der Waals surface area contributed by atoms with E-state index in [2.05, 4.69) is 214 Å². The van der Waals surface area contributed by atoms with Gasteiger partial charge in [-0.15, -0.1) is 0 Å². The van der Waals surface area contributed by atoms with Gasteiger partial charge in [-0.05, 0) is 107 Å². The molecule has 0 unspecified atom stereocenters. The van der Waals surface area contributed by atoms with E-state index in [-0.39, 0.29) is 0 Å². The number of fused-ring (bicyclic) bond motifs is 9. The molecule has 0 radical (unpaired) electrons. The van der Waals surface area contributed by atoms with Gasteiger partial charge in [0, 0.05) is 50.8 Å². The highest BCUT2D eigenvalue weighted by Crippen LogP contribution is 2.40. The molecule has 7 heterocycles. The van der Waals surface area contributed by atoms with Crippen LogP contribution in [0.25, 0.3) is 128 Å². The molecule has 0 saturated carbocycles. The Labute approximate surface area is 396 Å². The summed E-state index contributed by atoms with van der Waals surface area (Å²) in [5.41, 5.74) is 18.5. The van der Waals surface area contributed by atoms with Gasteiger partial charge in [-0.1, -0.05) is 133 Å². The van der Waals surface area contributed by atoms with Gasteiger partial charge in [-0.25, -0.2) is 9.97 Å². The van der Waals surface area contributed by atoms with E-state index in [1.807, 2.05) is 36.8 Å². The Morgan fingerprint density at radius 3 is 1.71 bits per heavy atom. The molecule has 0 fully saturated rings. The standard InChI is InChI=1S/C62H39N7/c1-4-15-40(16-5-1)44-35-53(41-17-6-2-7-18-41)65-60(37-44)69-55-24-13-11-22-49(55)51-34-42(27-30-56(51)69)43-26-28-50-48-21-10-12-23-54(48)68(59(50)36-43)47-33-45(38-63-39-47)52-29-31-58-62(66-52)61-57(25-14-32-64-61)67(58)46-19-8-3-9-20-46/h1-39H. The van der Waals surface area contributed by atoms with Gasteiger partial charge in [0.2, 0.25) is 0 Å². The van der Waals surface area contributed by atoms with Crippen LogP contribution in [-0.2, 0) is 0 Å². The van der Waals surface area contributed by atoms with E-state index in [0.29, 0.717) is 0 Å². The van der Waals surface area contributed by atoms with Crippen molar-refractivity contribution in [1.29, 1.82) is 0 Å². The van der Waals surface area contributed by atoms with Gasteiger partial charge in [-0.3, -0.25) is 14.5 Å². The van der Waals surface area contributed by atoms with Crippen molar-refractivity contribution in [3.63, 3.8) is 0 Å². The van der Waals surface area contributed by atoms with Crippen LogP contribution in [0.5, 0.6) is 0 Å². The summed E-state index contributed by atoms with van der Waals surface area (Å²) in [7, 11) is 0. The first-order valence-electron chi connectivity index (χ1n) is 23.2. The molecule has 0 saturated heterocycles. The number of pyridine rings is 4. The molecule has 322 valence electrons. The van der Waals surface area contributed by atoms with E-state index >= 15 is 0 Å². The van der Waals surface area contributed by atoms with Crippen LogP contribution in [-0.4, -0.2) is 33.6 Å². The number of hydrogen-bond donors (Lipinski definition) is 0. The Hall–Kier alpha value is -9.46. The van der Waals surface area contributed by atoms with E-state index in [0.717, 1.165) is 106 Å². The zero-order valence-electron chi connectivity index (χ0n) is 37.1. The lowest BCUT2D eigenvalue weighted by atomic mass is 10.0. The number of benzene rings is 7. The topological polar surface area (TPSA) is 66.3 Å². The summed E-state index contributed by atoms with van der Waals surface area (Å²) in [6.45, 7) is 0. The Bertz CT molecular complexity index is 4240. The minimum Gasteiger partial charge on any atom is -0.308 e. The van der Waals surface area contributed by atoms with E-state index in [1.165, 1.54) is 21.5 Å². The third kappa shape index (κ3) is 6.29. The van der Waals surface area contributed by atoms with E-state index < -0.39 is 0 Å². The molecule has 0 aliphatic heterocycles. The minimum absolute atomic E-state index is 0.835. The van der Waals surface area contributed by atoms with Gasteiger partial charge in [0.25, 0.3) is 0 Å². The van der Waals surface area contributed by atoms with Crippen LogP contribution in [0, 0.1) is 0 Å². The molecule has 0 aliphatic carbocycles. The lowest BCUT2D eigenvalue weighted by Crippen LogP contribution is -2.00. The van der Waals surface area contributed by atoms with Crippen molar-refractivity contribution >= 4 is 65.7 Å². The molecule has 0 N–H and O–H groups in total. The quantitative estimate of drug-likeness (QED) is 0.160. The highest BCUT2D eigenvalue weighted by molar-refractivity contribution is 6.13. The first kappa shape index (κ1) is 38.8. The molecule has 7 heteroatoms. The first-order valence-corrected chi connectivity index (χ1v) is 23.2. The summed E-state index contributed by atoms with van der Waals surface area (Å²) >= 11 is 0. The summed E-state index contributed by atoms with van der Waals surface area (Å²) < 4.78 is 6.89. The lowest BCUT2D eigenvalue weighted by Gasteiger charge is -2.13. The third-order valence-corrected chi connectivity index (χ3v) is 13.6. The maximum Gasteiger partial charge on any atom is 0.138 e. The molecule has 7 nitrogen and oxygen atoms in total. The molecule has 0 atom stereocenters. The summed E-state index contributed by atoms with van der Waals surface area (Å²) in [6, 6.07) is 77.4. The van der Waals surface area contributed by atoms with Crippen molar-refractivity contribution in [2.45, 2.75) is 0 Å². The Balaban J connectivity index is 0.904. The summed E-state index contributed by atoms with van der Waals surface area (Å²) in [6.07, 6.45) is 5.70. The predicted octanol–water partition coefficient (Wildman–Crippen LogP) is 15.2. The fourth-order valence-electron chi connectivity index (χ4n) is 10.4. The second-order valence-electron chi connectivity index (χ2n) is 17.5. The molecule has 7 aromatic heterocycles. The van der Waals surface area contributed by atoms with Gasteiger partial charge < -0.3 is 9.13 Å². The summed E-state index contributed by atoms with van der Waals surface area (Å²) in [4.78, 5) is 20.3. The highest BCUT2D eigenvalue weighted by atomic mass is 15.1. The van der Waals surface area contributed by atoms with Crippen LogP contribution in [0.4, 0.5) is 0 Å². The van der Waals surface area contributed by atoms with Crippen LogP contribution in [0.3, 0.4) is 0 Å². The zero-order valence-corrected chi connectivity index (χ0v) is 37.1. The molecule has 0 bridgehead atoms. The molecule has 7 aromatic carbocycles. The number of para-hydroxylation sites is 3. The minimum atomic E-state index is 0.835. The monoisotopic (exact) mass is 881 g/mol. The van der Waals surface area contributed by atoms with Gasteiger partial charge in [0.1, 0.15) is 16.9 Å². The van der Waals surface area contributed by atoms with Crippen LogP contribution in [0.1, 0.15) is 0 Å². The van der Waals surface area contributed by atoms with Crippen molar-refractivity contribution < 1.29 is 0 Å². The summed E-state index contributed by atoms with van der Waals surface area (Å²) in [5, 5.41) is 4.70. The largest absolute Gasteiger partial charge is 0.308 e. The average Bonchev–Trinajstić information content (AvgIpc) is 4.06. The highest BCUT2D eigenvalue weighted by Gasteiger charge is 2.20. The predicted molar refractivity (Wildman–Crippen MR) is 282 cm³/mol. The Morgan fingerprint density at radius 2 is 0.899 bits per heavy atom. The number of nitrogens with zero attached hydrogens (tertiary/aromatic N) is 7. The second-order valence-corrected chi connectivity index (χ2v) is 17.5. The SMILES string of the molecule is c1ccc(-c2cc(-c3ccccc3)nc(-n3c4ccccc4c4cc(-c5ccc6c7ccccc7n(-c7cncc(-c8ccc9c(n8)c8ncccc8n9-c8ccccc8)c7)c6c5)ccc43)c2)cc1. The third-order valence-electron chi connectivity index (χ3n) is 13.6. The van der Waals surface area contributed by atoms with Crippen molar-refractivity contribution in [3.05, 3.63) is 237 Å². The van der Waals surface area contributed by atoms with Crippen molar-refractivity contribution in [2.75, 3.05) is 0 Å². The number of hydrogen-bond acceptors (Lipinski definition) is 4. The molecule has 14 aromatic rings. The lowest BCUT2D eigenvalue weighted by molar-refractivity contribution is 1.08. The van der Waals surface area contributed by atoms with Crippen LogP contribution in [0.15, 0.2) is 237 Å². The van der Waals surface area contributed by atoms with Crippen molar-refractivity contribution in [1.82, 2.24) is 33.6 Å². The smallest absolute Gasteiger partial charge is 0.138 e. The maximum absolute atomic E-state index is 5.36. The van der Waals surface area contributed by atoms with Crippen molar-refractivity contribution in [3.8, 4) is 62.0 Å². The fraction of sp³-hybridized carbons (Fsp3) is 0. The number of rotatable bonds is 7. The van der Waals surface area contributed by atoms with Crippen LogP contribution >= 0.6 is 0 Å². The molecule has 0 spiro atoms. The molecular weight excluding hydrogens is 843 g/mol. The molecule has 69 heavy (non-hydrogen) atoms. The van der Waals surface area contributed by atoms with Gasteiger partial charge in [-0.2, -0.15) is 0 Å². The zero-order chi connectivity index (χ0) is 45.4. The Morgan fingerprint density at radius 1 is 0.290 bits per heavy atom. The molecule has 0 amide bonds. The summed E-state index contributed by atoms with van der Waals surface area (Å²) in [5.74, 6) is 0.877. The van der Waals surface area contributed by atoms with E-state index in [4.69, 9.17) is 19.9 Å².